The van der Waals surface area contributed by atoms with E-state index in [1.165, 1.54) is 15.9 Å². The Hall–Kier alpha value is -2.97. The lowest BCUT2D eigenvalue weighted by atomic mass is 10.1. The maximum absolute atomic E-state index is 6.21. The number of rotatable bonds is 9. The van der Waals surface area contributed by atoms with E-state index in [0.717, 1.165) is 35.8 Å². The second-order valence-electron chi connectivity index (χ2n) is 10.8. The molecule has 0 radical (unpaired) electrons. The van der Waals surface area contributed by atoms with Gasteiger partial charge in [-0.15, -0.1) is 0 Å². The molecule has 5 rings (SSSR count). The fraction of sp³-hybridized carbons (Fsp3) is 0.375. The molecule has 192 valence electrons. The third-order valence-corrected chi connectivity index (χ3v) is 9.23. The maximum Gasteiger partial charge on any atom is 0.217 e. The first-order valence-electron chi connectivity index (χ1n) is 13.4. The predicted molar refractivity (Wildman–Crippen MR) is 157 cm³/mol. The first-order chi connectivity index (χ1) is 18.0. The molecule has 0 bridgehead atoms. The molecule has 0 amide bonds. The molecule has 0 spiro atoms. The lowest BCUT2D eigenvalue weighted by Crippen LogP contribution is -2.28. The van der Waals surface area contributed by atoms with Crippen molar-refractivity contribution in [2.24, 2.45) is 21.8 Å². The number of benzene rings is 3. The normalized spacial score (nSPS) is 19.9. The van der Waals surface area contributed by atoms with Crippen LogP contribution in [0, 0.1) is 11.8 Å². The van der Waals surface area contributed by atoms with E-state index in [0.29, 0.717) is 25.0 Å². The Morgan fingerprint density at radius 1 is 0.649 bits per heavy atom. The number of ether oxygens (including phenoxy) is 2. The molecule has 4 nitrogen and oxygen atoms in total. The number of hydrogen-bond acceptors (Lipinski definition) is 4. The van der Waals surface area contributed by atoms with Gasteiger partial charge in [-0.2, -0.15) is 0 Å². The molecule has 0 fully saturated rings. The van der Waals surface area contributed by atoms with Crippen molar-refractivity contribution < 1.29 is 9.47 Å². The van der Waals surface area contributed by atoms with Gasteiger partial charge in [0.15, 0.2) is 0 Å². The summed E-state index contributed by atoms with van der Waals surface area (Å²) >= 11 is 0. The summed E-state index contributed by atoms with van der Waals surface area (Å²) in [5.74, 6) is 2.72. The Bertz CT molecular complexity index is 1190. The van der Waals surface area contributed by atoms with Gasteiger partial charge in [-0.25, -0.2) is 9.98 Å². The minimum Gasteiger partial charge on any atom is -0.475 e. The Morgan fingerprint density at radius 3 is 1.54 bits per heavy atom. The molecular weight excluding hydrogens is 475 g/mol. The van der Waals surface area contributed by atoms with Crippen LogP contribution in [0.2, 0.25) is 0 Å². The molecule has 0 saturated carbocycles. The van der Waals surface area contributed by atoms with E-state index in [-0.39, 0.29) is 12.1 Å². The standard InChI is InChI=1S/C32H37N2O2P/c1-22(2)18-24-20-35-31(33-24)27-14-8-10-16-29(27)37(26-12-6-5-7-13-26)30-17-11-9-15-28(30)32-34-25(21-36-32)19-23(3)4/h5-17,22-25H,18-21H2,1-4H3. The molecular formula is C32H37N2O2P. The zero-order chi connectivity index (χ0) is 25.8. The summed E-state index contributed by atoms with van der Waals surface area (Å²) in [7, 11) is -0.903. The lowest BCUT2D eigenvalue weighted by Gasteiger charge is -2.24. The van der Waals surface area contributed by atoms with Crippen molar-refractivity contribution in [3.63, 3.8) is 0 Å². The summed E-state index contributed by atoms with van der Waals surface area (Å²) in [4.78, 5) is 10.0. The van der Waals surface area contributed by atoms with Gasteiger partial charge in [-0.1, -0.05) is 94.4 Å². The van der Waals surface area contributed by atoms with Crippen LogP contribution in [0.15, 0.2) is 88.8 Å². The van der Waals surface area contributed by atoms with E-state index >= 15 is 0 Å². The van der Waals surface area contributed by atoms with E-state index in [2.05, 4.69) is 107 Å². The Morgan fingerprint density at radius 2 is 1.08 bits per heavy atom. The molecule has 0 aromatic heterocycles. The van der Waals surface area contributed by atoms with Crippen LogP contribution in [-0.2, 0) is 9.47 Å². The van der Waals surface area contributed by atoms with Gasteiger partial charge >= 0.3 is 0 Å². The molecule has 2 aliphatic heterocycles. The molecule has 2 unspecified atom stereocenters. The van der Waals surface area contributed by atoms with E-state index in [1.807, 2.05) is 0 Å². The molecule has 2 atom stereocenters. The second-order valence-corrected chi connectivity index (χ2v) is 12.9. The van der Waals surface area contributed by atoms with E-state index < -0.39 is 7.92 Å². The smallest absolute Gasteiger partial charge is 0.217 e. The van der Waals surface area contributed by atoms with Crippen LogP contribution in [0.5, 0.6) is 0 Å². The summed E-state index contributed by atoms with van der Waals surface area (Å²) in [6.45, 7) is 10.3. The van der Waals surface area contributed by atoms with Crippen molar-refractivity contribution in [1.29, 1.82) is 0 Å². The molecule has 2 aliphatic rings. The van der Waals surface area contributed by atoms with Crippen LogP contribution in [-0.4, -0.2) is 37.1 Å². The lowest BCUT2D eigenvalue weighted by molar-refractivity contribution is 0.301. The summed E-state index contributed by atoms with van der Waals surface area (Å²) in [6.07, 6.45) is 2.08. The van der Waals surface area contributed by atoms with Crippen LogP contribution in [0.4, 0.5) is 0 Å². The fourth-order valence-electron chi connectivity index (χ4n) is 5.14. The van der Waals surface area contributed by atoms with Gasteiger partial charge in [-0.3, -0.25) is 0 Å². The minimum atomic E-state index is -0.903. The molecule has 37 heavy (non-hydrogen) atoms. The van der Waals surface area contributed by atoms with Crippen molar-refractivity contribution in [2.75, 3.05) is 13.2 Å². The average Bonchev–Trinajstić information content (AvgIpc) is 3.55. The third kappa shape index (κ3) is 5.96. The Kier molecular flexibility index (Phi) is 8.05. The zero-order valence-corrected chi connectivity index (χ0v) is 23.2. The largest absolute Gasteiger partial charge is 0.475 e. The molecule has 0 N–H and O–H groups in total. The van der Waals surface area contributed by atoms with Crippen molar-refractivity contribution in [3.05, 3.63) is 90.0 Å². The molecule has 2 heterocycles. The highest BCUT2D eigenvalue weighted by atomic mass is 31.1. The summed E-state index contributed by atoms with van der Waals surface area (Å²) in [5, 5.41) is 3.78. The zero-order valence-electron chi connectivity index (χ0n) is 22.3. The highest BCUT2D eigenvalue weighted by molar-refractivity contribution is 7.80. The number of hydrogen-bond donors (Lipinski definition) is 0. The van der Waals surface area contributed by atoms with E-state index in [4.69, 9.17) is 19.5 Å². The second kappa shape index (κ2) is 11.6. The molecule has 3 aromatic rings. The van der Waals surface area contributed by atoms with Gasteiger partial charge in [0, 0.05) is 11.1 Å². The maximum atomic E-state index is 6.21. The monoisotopic (exact) mass is 512 g/mol. The fourth-order valence-corrected chi connectivity index (χ4v) is 7.72. The first kappa shape index (κ1) is 25.7. The van der Waals surface area contributed by atoms with Gasteiger partial charge in [0.1, 0.15) is 13.2 Å². The van der Waals surface area contributed by atoms with Crippen LogP contribution < -0.4 is 15.9 Å². The molecule has 3 aromatic carbocycles. The van der Waals surface area contributed by atoms with Crippen molar-refractivity contribution >= 4 is 35.6 Å². The average molecular weight is 513 g/mol. The Balaban J connectivity index is 1.61. The summed E-state index contributed by atoms with van der Waals surface area (Å²) < 4.78 is 12.4. The van der Waals surface area contributed by atoms with Gasteiger partial charge in [0.25, 0.3) is 0 Å². The van der Waals surface area contributed by atoms with Gasteiger partial charge < -0.3 is 9.47 Å². The Labute approximate surface area is 222 Å². The quantitative estimate of drug-likeness (QED) is 0.339. The van der Waals surface area contributed by atoms with E-state index in [9.17, 15) is 0 Å². The highest BCUT2D eigenvalue weighted by Crippen LogP contribution is 2.37. The highest BCUT2D eigenvalue weighted by Gasteiger charge is 2.30. The van der Waals surface area contributed by atoms with Crippen LogP contribution in [0.3, 0.4) is 0 Å². The molecule has 0 saturated heterocycles. The van der Waals surface area contributed by atoms with Gasteiger partial charge in [0.05, 0.1) is 12.1 Å². The van der Waals surface area contributed by atoms with Crippen LogP contribution in [0.25, 0.3) is 0 Å². The summed E-state index contributed by atoms with van der Waals surface area (Å²) in [5.41, 5.74) is 2.18. The van der Waals surface area contributed by atoms with Crippen LogP contribution in [0.1, 0.15) is 51.7 Å². The molecule has 5 heteroatoms. The molecule has 0 aliphatic carbocycles. The minimum absolute atomic E-state index is 0.220. The SMILES string of the molecule is CC(C)CC1COC(c2ccccc2P(c2ccccc2)c2ccccc2C2=NC(CC(C)C)CO2)=N1. The number of aliphatic imine (C=N–C) groups is 2. The van der Waals surface area contributed by atoms with Crippen molar-refractivity contribution in [1.82, 2.24) is 0 Å². The van der Waals surface area contributed by atoms with Crippen molar-refractivity contribution in [3.8, 4) is 0 Å². The first-order valence-corrected chi connectivity index (χ1v) is 14.8. The number of nitrogens with zero attached hydrogens (tertiary/aromatic N) is 2. The van der Waals surface area contributed by atoms with Gasteiger partial charge in [-0.05, 0) is 60.6 Å². The van der Waals surface area contributed by atoms with Crippen molar-refractivity contribution in [2.45, 2.75) is 52.6 Å². The topological polar surface area (TPSA) is 43.2 Å². The predicted octanol–water partition coefficient (Wildman–Crippen LogP) is 5.83. The van der Waals surface area contributed by atoms with E-state index in [1.54, 1.807) is 0 Å². The summed E-state index contributed by atoms with van der Waals surface area (Å²) in [6, 6.07) is 28.5. The third-order valence-electron chi connectivity index (χ3n) is 6.68. The van der Waals surface area contributed by atoms with Crippen LogP contribution >= 0.6 is 7.92 Å². The van der Waals surface area contributed by atoms with Gasteiger partial charge in [0.2, 0.25) is 11.8 Å².